The number of hydrogen-bond acceptors (Lipinski definition) is 3. The van der Waals surface area contributed by atoms with E-state index in [1.54, 1.807) is 7.05 Å². The van der Waals surface area contributed by atoms with E-state index in [2.05, 4.69) is 32.5 Å². The van der Waals surface area contributed by atoms with Crippen LogP contribution in [0.4, 0.5) is 0 Å². The molecule has 1 heterocycles. The van der Waals surface area contributed by atoms with Crippen LogP contribution < -0.4 is 10.6 Å². The van der Waals surface area contributed by atoms with Crippen molar-refractivity contribution in [3.8, 4) is 0 Å². The van der Waals surface area contributed by atoms with E-state index < -0.39 is 0 Å². The summed E-state index contributed by atoms with van der Waals surface area (Å²) in [6.07, 6.45) is 4.13. The number of benzene rings is 1. The van der Waals surface area contributed by atoms with Crippen molar-refractivity contribution in [2.24, 2.45) is 4.99 Å². The Morgan fingerprint density at radius 1 is 1.17 bits per heavy atom. The van der Waals surface area contributed by atoms with Gasteiger partial charge in [0.25, 0.3) is 0 Å². The molecular formula is C18H29N5O. The normalized spacial score (nSPS) is 11.8. The van der Waals surface area contributed by atoms with Crippen LogP contribution in [-0.2, 0) is 11.2 Å². The number of para-hydroxylation sites is 2. The van der Waals surface area contributed by atoms with E-state index in [0.29, 0.717) is 0 Å². The highest BCUT2D eigenvalue weighted by atomic mass is 16.5. The van der Waals surface area contributed by atoms with Crippen molar-refractivity contribution < 1.29 is 4.74 Å². The van der Waals surface area contributed by atoms with Gasteiger partial charge in [-0.3, -0.25) is 4.99 Å². The highest BCUT2D eigenvalue weighted by Gasteiger charge is 2.02. The fourth-order valence-electron chi connectivity index (χ4n) is 2.37. The van der Waals surface area contributed by atoms with Crippen LogP contribution >= 0.6 is 0 Å². The van der Waals surface area contributed by atoms with E-state index in [9.17, 15) is 0 Å². The molecule has 3 N–H and O–H groups in total. The molecule has 1 aromatic heterocycles. The van der Waals surface area contributed by atoms with Crippen molar-refractivity contribution in [1.82, 2.24) is 20.6 Å². The van der Waals surface area contributed by atoms with Gasteiger partial charge < -0.3 is 20.4 Å². The van der Waals surface area contributed by atoms with Crippen LogP contribution in [-0.4, -0.2) is 49.3 Å². The molecule has 0 saturated heterocycles. The third kappa shape index (κ3) is 6.20. The summed E-state index contributed by atoms with van der Waals surface area (Å²) in [6.45, 7) is 5.47. The van der Waals surface area contributed by atoms with Gasteiger partial charge in [0.15, 0.2) is 5.96 Å². The van der Waals surface area contributed by atoms with Crippen LogP contribution in [0.25, 0.3) is 11.0 Å². The summed E-state index contributed by atoms with van der Waals surface area (Å²) in [7, 11) is 1.79. The second-order valence-corrected chi connectivity index (χ2v) is 5.70. The van der Waals surface area contributed by atoms with E-state index in [0.717, 1.165) is 68.4 Å². The molecule has 6 heteroatoms. The first-order chi connectivity index (χ1) is 11.8. The number of hydrogen-bond donors (Lipinski definition) is 3. The molecule has 0 aliphatic heterocycles. The van der Waals surface area contributed by atoms with Crippen molar-refractivity contribution in [2.45, 2.75) is 32.6 Å². The molecule has 0 fully saturated rings. The number of unbranched alkanes of at least 4 members (excludes halogenated alkanes) is 1. The second kappa shape index (κ2) is 10.6. The van der Waals surface area contributed by atoms with E-state index in [-0.39, 0.29) is 0 Å². The number of ether oxygens (including phenoxy) is 1. The average Bonchev–Trinajstić information content (AvgIpc) is 3.02. The van der Waals surface area contributed by atoms with Gasteiger partial charge in [-0.2, -0.15) is 0 Å². The Morgan fingerprint density at radius 2 is 1.96 bits per heavy atom. The fourth-order valence-corrected chi connectivity index (χ4v) is 2.37. The lowest BCUT2D eigenvalue weighted by Gasteiger charge is -2.11. The highest BCUT2D eigenvalue weighted by molar-refractivity contribution is 5.79. The molecule has 0 spiro atoms. The minimum atomic E-state index is 0.784. The van der Waals surface area contributed by atoms with Crippen molar-refractivity contribution in [2.75, 3.05) is 33.4 Å². The molecule has 24 heavy (non-hydrogen) atoms. The van der Waals surface area contributed by atoms with Crippen LogP contribution in [0.15, 0.2) is 29.3 Å². The quantitative estimate of drug-likeness (QED) is 0.355. The zero-order valence-corrected chi connectivity index (χ0v) is 14.8. The van der Waals surface area contributed by atoms with Crippen LogP contribution in [0.3, 0.4) is 0 Å². The average molecular weight is 331 g/mol. The van der Waals surface area contributed by atoms with E-state index in [4.69, 9.17) is 4.74 Å². The summed E-state index contributed by atoms with van der Waals surface area (Å²) < 4.78 is 5.54. The van der Waals surface area contributed by atoms with Crippen molar-refractivity contribution >= 4 is 17.0 Å². The van der Waals surface area contributed by atoms with Crippen LogP contribution in [0.1, 0.15) is 32.0 Å². The number of aromatic nitrogens is 2. The minimum absolute atomic E-state index is 0.784. The predicted molar refractivity (Wildman–Crippen MR) is 99.5 cm³/mol. The van der Waals surface area contributed by atoms with Gasteiger partial charge in [0, 0.05) is 39.8 Å². The molecule has 0 radical (unpaired) electrons. The van der Waals surface area contributed by atoms with Crippen LogP contribution in [0, 0.1) is 0 Å². The van der Waals surface area contributed by atoms with Gasteiger partial charge in [-0.05, 0) is 25.0 Å². The maximum Gasteiger partial charge on any atom is 0.190 e. The Bertz CT molecular complexity index is 590. The van der Waals surface area contributed by atoms with Crippen molar-refractivity contribution in [3.63, 3.8) is 0 Å². The van der Waals surface area contributed by atoms with E-state index in [1.165, 1.54) is 6.42 Å². The first kappa shape index (κ1) is 18.3. The number of aliphatic imine (C=N–C) groups is 1. The third-order valence-corrected chi connectivity index (χ3v) is 3.72. The van der Waals surface area contributed by atoms with Gasteiger partial charge in [0.2, 0.25) is 0 Å². The number of H-pyrrole nitrogens is 1. The largest absolute Gasteiger partial charge is 0.381 e. The Balaban J connectivity index is 1.61. The summed E-state index contributed by atoms with van der Waals surface area (Å²) >= 11 is 0. The first-order valence-electron chi connectivity index (χ1n) is 8.79. The highest BCUT2D eigenvalue weighted by Crippen LogP contribution is 2.10. The number of nitrogens with zero attached hydrogens (tertiary/aromatic N) is 2. The lowest BCUT2D eigenvalue weighted by Crippen LogP contribution is -2.39. The molecule has 1 aromatic carbocycles. The monoisotopic (exact) mass is 331 g/mol. The number of aromatic amines is 1. The number of imidazole rings is 1. The van der Waals surface area contributed by atoms with Gasteiger partial charge >= 0.3 is 0 Å². The lowest BCUT2D eigenvalue weighted by molar-refractivity contribution is 0.129. The Morgan fingerprint density at radius 3 is 2.75 bits per heavy atom. The second-order valence-electron chi connectivity index (χ2n) is 5.70. The summed E-state index contributed by atoms with van der Waals surface area (Å²) in [5, 5.41) is 6.61. The molecule has 6 nitrogen and oxygen atoms in total. The van der Waals surface area contributed by atoms with Gasteiger partial charge in [0.05, 0.1) is 11.0 Å². The Labute approximate surface area is 144 Å². The third-order valence-electron chi connectivity index (χ3n) is 3.72. The lowest BCUT2D eigenvalue weighted by atomic mass is 10.3. The molecule has 0 atom stereocenters. The van der Waals surface area contributed by atoms with Crippen LogP contribution in [0.5, 0.6) is 0 Å². The smallest absolute Gasteiger partial charge is 0.190 e. The van der Waals surface area contributed by atoms with Gasteiger partial charge in [0.1, 0.15) is 5.82 Å². The van der Waals surface area contributed by atoms with E-state index >= 15 is 0 Å². The topological polar surface area (TPSA) is 74.3 Å². The minimum Gasteiger partial charge on any atom is -0.381 e. The molecule has 0 saturated carbocycles. The SMILES string of the molecule is CCCCOCCCNC(=NC)NCCc1nc2ccccc2[nH]1. The van der Waals surface area contributed by atoms with Gasteiger partial charge in [-0.15, -0.1) is 0 Å². The summed E-state index contributed by atoms with van der Waals surface area (Å²) in [5.41, 5.74) is 2.09. The molecule has 2 aromatic rings. The molecule has 132 valence electrons. The van der Waals surface area contributed by atoms with Gasteiger partial charge in [-0.1, -0.05) is 25.5 Å². The molecule has 0 bridgehead atoms. The predicted octanol–water partition coefficient (Wildman–Crippen LogP) is 2.48. The van der Waals surface area contributed by atoms with Gasteiger partial charge in [-0.25, -0.2) is 4.98 Å². The molecule has 0 aliphatic carbocycles. The molecule has 0 aliphatic rings. The van der Waals surface area contributed by atoms with E-state index in [1.807, 2.05) is 24.3 Å². The summed E-state index contributed by atoms with van der Waals surface area (Å²) in [6, 6.07) is 8.08. The zero-order chi connectivity index (χ0) is 17.0. The summed E-state index contributed by atoms with van der Waals surface area (Å²) in [4.78, 5) is 12.1. The first-order valence-corrected chi connectivity index (χ1v) is 8.79. The molecule has 0 unspecified atom stereocenters. The number of guanidine groups is 1. The summed E-state index contributed by atoms with van der Waals surface area (Å²) in [5.74, 6) is 1.81. The molecule has 2 rings (SSSR count). The fraction of sp³-hybridized carbons (Fsp3) is 0.556. The Hall–Kier alpha value is -2.08. The number of nitrogens with one attached hydrogen (secondary N) is 3. The molecule has 0 amide bonds. The maximum absolute atomic E-state index is 5.54. The zero-order valence-electron chi connectivity index (χ0n) is 14.8. The Kier molecular flexibility index (Phi) is 8.10. The standard InChI is InChI=1S/C18H29N5O/c1-3-4-13-24-14-7-11-20-18(19-2)21-12-10-17-22-15-8-5-6-9-16(15)23-17/h5-6,8-9H,3-4,7,10-14H2,1-2H3,(H,22,23)(H2,19,20,21). The van der Waals surface area contributed by atoms with Crippen molar-refractivity contribution in [3.05, 3.63) is 30.1 Å². The van der Waals surface area contributed by atoms with Crippen LogP contribution in [0.2, 0.25) is 0 Å². The number of rotatable bonds is 10. The number of fused-ring (bicyclic) bond motifs is 1. The maximum atomic E-state index is 5.54. The molecular weight excluding hydrogens is 302 g/mol. The van der Waals surface area contributed by atoms with Crippen molar-refractivity contribution in [1.29, 1.82) is 0 Å².